The predicted octanol–water partition coefficient (Wildman–Crippen LogP) is 2.19. The zero-order chi connectivity index (χ0) is 20.2. The molecule has 0 radical (unpaired) electrons. The molecule has 1 amide bonds. The number of rotatable bonds is 6. The van der Waals surface area contributed by atoms with Gasteiger partial charge in [0.2, 0.25) is 5.91 Å². The molecule has 0 bridgehead atoms. The van der Waals surface area contributed by atoms with Crippen LogP contribution in [0.3, 0.4) is 0 Å². The second-order valence-electron chi connectivity index (χ2n) is 7.51. The van der Waals surface area contributed by atoms with Gasteiger partial charge >= 0.3 is 0 Å². The van der Waals surface area contributed by atoms with Crippen LogP contribution >= 0.6 is 0 Å². The molecule has 1 aliphatic heterocycles. The SMILES string of the molecule is Cc1ccc(OCCN(C)C(=O)C2CCN(c3ccc4nncn4n3)CC2)cc1. The highest BCUT2D eigenvalue weighted by atomic mass is 16.5. The maximum absolute atomic E-state index is 12.8. The van der Waals surface area contributed by atoms with E-state index >= 15 is 0 Å². The summed E-state index contributed by atoms with van der Waals surface area (Å²) in [5.41, 5.74) is 1.93. The molecule has 152 valence electrons. The number of amides is 1. The van der Waals surface area contributed by atoms with Gasteiger partial charge in [0.05, 0.1) is 6.54 Å². The lowest BCUT2D eigenvalue weighted by Crippen LogP contribution is -2.42. The Morgan fingerprint density at radius 3 is 2.69 bits per heavy atom. The van der Waals surface area contributed by atoms with E-state index in [1.165, 1.54) is 5.56 Å². The Hall–Kier alpha value is -3.16. The molecular formula is C21H26N6O2. The summed E-state index contributed by atoms with van der Waals surface area (Å²) in [5, 5.41) is 12.4. The molecule has 4 rings (SSSR count). The van der Waals surface area contributed by atoms with Crippen molar-refractivity contribution < 1.29 is 9.53 Å². The van der Waals surface area contributed by atoms with Crippen LogP contribution in [0.4, 0.5) is 5.82 Å². The van der Waals surface area contributed by atoms with E-state index in [1.54, 1.807) is 15.7 Å². The van der Waals surface area contributed by atoms with Gasteiger partial charge in [-0.05, 0) is 44.0 Å². The van der Waals surface area contributed by atoms with Crippen molar-refractivity contribution in [3.8, 4) is 5.75 Å². The van der Waals surface area contributed by atoms with Crippen LogP contribution < -0.4 is 9.64 Å². The Labute approximate surface area is 170 Å². The van der Waals surface area contributed by atoms with E-state index in [9.17, 15) is 4.79 Å². The summed E-state index contributed by atoms with van der Waals surface area (Å²) in [6.45, 7) is 4.74. The second kappa shape index (κ2) is 8.46. The molecule has 0 saturated carbocycles. The fourth-order valence-corrected chi connectivity index (χ4v) is 3.60. The minimum Gasteiger partial charge on any atom is -0.492 e. The number of aromatic nitrogens is 4. The van der Waals surface area contributed by atoms with E-state index in [2.05, 4.69) is 20.2 Å². The van der Waals surface area contributed by atoms with Gasteiger partial charge < -0.3 is 14.5 Å². The number of nitrogens with zero attached hydrogens (tertiary/aromatic N) is 6. The first-order chi connectivity index (χ1) is 14.1. The third kappa shape index (κ3) is 4.47. The molecule has 29 heavy (non-hydrogen) atoms. The second-order valence-corrected chi connectivity index (χ2v) is 7.51. The number of aryl methyl sites for hydroxylation is 1. The van der Waals surface area contributed by atoms with Crippen LogP contribution in [0.15, 0.2) is 42.7 Å². The lowest BCUT2D eigenvalue weighted by atomic mass is 9.95. The number of ether oxygens (including phenoxy) is 1. The molecule has 0 spiro atoms. The molecule has 0 unspecified atom stereocenters. The average Bonchev–Trinajstić information content (AvgIpc) is 3.22. The standard InChI is InChI=1S/C21H26N6O2/c1-16-3-5-18(6-4-16)29-14-13-25(2)21(28)17-9-11-26(12-10-17)20-8-7-19-23-22-15-27(19)24-20/h3-8,15,17H,9-14H2,1-2H3. The molecule has 8 nitrogen and oxygen atoms in total. The summed E-state index contributed by atoms with van der Waals surface area (Å²) in [4.78, 5) is 16.8. The molecule has 1 aromatic carbocycles. The Morgan fingerprint density at radius 1 is 1.17 bits per heavy atom. The van der Waals surface area contributed by atoms with E-state index in [-0.39, 0.29) is 11.8 Å². The molecule has 3 aromatic rings. The first-order valence-corrected chi connectivity index (χ1v) is 9.96. The van der Waals surface area contributed by atoms with Crippen LogP contribution in [0, 0.1) is 12.8 Å². The van der Waals surface area contributed by atoms with Crippen molar-refractivity contribution in [2.75, 3.05) is 38.2 Å². The number of hydrogen-bond acceptors (Lipinski definition) is 6. The van der Waals surface area contributed by atoms with Gasteiger partial charge in [-0.15, -0.1) is 15.3 Å². The van der Waals surface area contributed by atoms with Gasteiger partial charge in [0.25, 0.3) is 0 Å². The summed E-state index contributed by atoms with van der Waals surface area (Å²) >= 11 is 0. The number of piperidine rings is 1. The summed E-state index contributed by atoms with van der Waals surface area (Å²) < 4.78 is 7.42. The van der Waals surface area contributed by atoms with Crippen LogP contribution in [0.25, 0.3) is 5.65 Å². The molecule has 2 aromatic heterocycles. The van der Waals surface area contributed by atoms with Crippen molar-refractivity contribution in [2.45, 2.75) is 19.8 Å². The normalized spacial score (nSPS) is 14.9. The summed E-state index contributed by atoms with van der Waals surface area (Å²) in [7, 11) is 1.86. The fourth-order valence-electron chi connectivity index (χ4n) is 3.60. The Bertz CT molecular complexity index is 963. The van der Waals surface area contributed by atoms with Gasteiger partial charge in [-0.3, -0.25) is 4.79 Å². The van der Waals surface area contributed by atoms with Crippen molar-refractivity contribution in [3.05, 3.63) is 48.3 Å². The number of carbonyl (C=O) groups is 1. The van der Waals surface area contributed by atoms with Gasteiger partial charge in [-0.2, -0.15) is 4.52 Å². The first kappa shape index (κ1) is 19.2. The van der Waals surface area contributed by atoms with Crippen LogP contribution in [0.1, 0.15) is 18.4 Å². The van der Waals surface area contributed by atoms with Crippen LogP contribution in [-0.4, -0.2) is 63.9 Å². The number of carbonyl (C=O) groups excluding carboxylic acids is 1. The molecule has 0 atom stereocenters. The van der Waals surface area contributed by atoms with Crippen LogP contribution in [0.2, 0.25) is 0 Å². The number of anilines is 1. The zero-order valence-electron chi connectivity index (χ0n) is 16.9. The van der Waals surface area contributed by atoms with Crippen molar-refractivity contribution in [1.82, 2.24) is 24.7 Å². The summed E-state index contributed by atoms with van der Waals surface area (Å²) in [6, 6.07) is 11.8. The molecule has 0 N–H and O–H groups in total. The van der Waals surface area contributed by atoms with E-state index in [4.69, 9.17) is 4.74 Å². The number of benzene rings is 1. The van der Waals surface area contributed by atoms with Crippen LogP contribution in [0.5, 0.6) is 5.75 Å². The predicted molar refractivity (Wildman–Crippen MR) is 110 cm³/mol. The highest BCUT2D eigenvalue weighted by Crippen LogP contribution is 2.23. The smallest absolute Gasteiger partial charge is 0.225 e. The minimum absolute atomic E-state index is 0.0502. The molecule has 8 heteroatoms. The van der Waals surface area contributed by atoms with Crippen LogP contribution in [-0.2, 0) is 4.79 Å². The topological polar surface area (TPSA) is 75.9 Å². The summed E-state index contributed by atoms with van der Waals surface area (Å²) in [6.07, 6.45) is 3.25. The molecule has 3 heterocycles. The van der Waals surface area contributed by atoms with Crippen molar-refractivity contribution >= 4 is 17.4 Å². The maximum Gasteiger partial charge on any atom is 0.225 e. The van der Waals surface area contributed by atoms with Crippen molar-refractivity contribution in [2.24, 2.45) is 5.92 Å². The molecule has 1 aliphatic rings. The highest BCUT2D eigenvalue weighted by Gasteiger charge is 2.27. The van der Waals surface area contributed by atoms with Gasteiger partial charge in [0.15, 0.2) is 5.65 Å². The lowest BCUT2D eigenvalue weighted by molar-refractivity contribution is -0.135. The molecule has 1 saturated heterocycles. The molecule has 0 aliphatic carbocycles. The number of likely N-dealkylation sites (N-methyl/N-ethyl adjacent to an activating group) is 1. The maximum atomic E-state index is 12.8. The van der Waals surface area contributed by atoms with E-state index < -0.39 is 0 Å². The van der Waals surface area contributed by atoms with Gasteiger partial charge in [0, 0.05) is 26.1 Å². The molecular weight excluding hydrogens is 368 g/mol. The Balaban J connectivity index is 1.25. The third-order valence-corrected chi connectivity index (χ3v) is 5.41. The Kier molecular flexibility index (Phi) is 5.59. The number of fused-ring (bicyclic) bond motifs is 1. The van der Waals surface area contributed by atoms with Crippen molar-refractivity contribution in [3.63, 3.8) is 0 Å². The quantitative estimate of drug-likeness (QED) is 0.638. The molecule has 1 fully saturated rings. The van der Waals surface area contributed by atoms with Gasteiger partial charge in [0.1, 0.15) is 24.5 Å². The third-order valence-electron chi connectivity index (χ3n) is 5.41. The van der Waals surface area contributed by atoms with Gasteiger partial charge in [-0.25, -0.2) is 0 Å². The Morgan fingerprint density at radius 2 is 1.93 bits per heavy atom. The van der Waals surface area contributed by atoms with Crippen molar-refractivity contribution in [1.29, 1.82) is 0 Å². The lowest BCUT2D eigenvalue weighted by Gasteiger charge is -2.33. The average molecular weight is 394 g/mol. The number of hydrogen-bond donors (Lipinski definition) is 0. The zero-order valence-corrected chi connectivity index (χ0v) is 16.9. The largest absolute Gasteiger partial charge is 0.492 e. The monoisotopic (exact) mass is 394 g/mol. The van der Waals surface area contributed by atoms with E-state index in [0.29, 0.717) is 13.2 Å². The van der Waals surface area contributed by atoms with Gasteiger partial charge in [-0.1, -0.05) is 17.7 Å². The van der Waals surface area contributed by atoms with E-state index in [0.717, 1.165) is 43.1 Å². The minimum atomic E-state index is 0.0502. The van der Waals surface area contributed by atoms with E-state index in [1.807, 2.05) is 50.4 Å². The first-order valence-electron chi connectivity index (χ1n) is 9.96. The highest BCUT2D eigenvalue weighted by molar-refractivity contribution is 5.79. The summed E-state index contributed by atoms with van der Waals surface area (Å²) in [5.74, 6) is 1.97. The fraction of sp³-hybridized carbons (Fsp3) is 0.429.